The molecule has 0 aliphatic rings. The number of pyridine rings is 1. The van der Waals surface area contributed by atoms with Crippen molar-refractivity contribution in [3.8, 4) is 23.1 Å². The SMILES string of the molecule is C=C/C=C(\S)c1cc(-c2ccoc2)c(C#N)c(OSC(F)(F)F)n1. The van der Waals surface area contributed by atoms with Crippen molar-refractivity contribution in [3.63, 3.8) is 0 Å². The lowest BCUT2D eigenvalue weighted by Crippen LogP contribution is -2.05. The average molecular weight is 370 g/mol. The van der Waals surface area contributed by atoms with Gasteiger partial charge < -0.3 is 8.60 Å². The van der Waals surface area contributed by atoms with E-state index in [2.05, 4.69) is 28.4 Å². The van der Waals surface area contributed by atoms with Gasteiger partial charge in [-0.3, -0.25) is 0 Å². The van der Waals surface area contributed by atoms with Crippen LogP contribution in [0.1, 0.15) is 11.3 Å². The summed E-state index contributed by atoms with van der Waals surface area (Å²) in [6.07, 6.45) is 5.70. The molecule has 0 aliphatic heterocycles. The summed E-state index contributed by atoms with van der Waals surface area (Å²) in [4.78, 5) is 4.30. The van der Waals surface area contributed by atoms with Crippen molar-refractivity contribution in [1.29, 1.82) is 5.26 Å². The zero-order chi connectivity index (χ0) is 17.7. The zero-order valence-electron chi connectivity index (χ0n) is 11.9. The molecule has 0 aliphatic carbocycles. The van der Waals surface area contributed by atoms with Crippen LogP contribution in [0.2, 0.25) is 0 Å². The lowest BCUT2D eigenvalue weighted by Gasteiger charge is -2.12. The van der Waals surface area contributed by atoms with Gasteiger partial charge in [0.25, 0.3) is 0 Å². The fraction of sp³-hybridized carbons (Fsp3) is 0.0667. The van der Waals surface area contributed by atoms with E-state index in [4.69, 9.17) is 4.42 Å². The van der Waals surface area contributed by atoms with E-state index in [-0.39, 0.29) is 11.3 Å². The van der Waals surface area contributed by atoms with Gasteiger partial charge in [-0.1, -0.05) is 12.7 Å². The van der Waals surface area contributed by atoms with Gasteiger partial charge in [0.15, 0.2) is 12.0 Å². The van der Waals surface area contributed by atoms with Gasteiger partial charge in [0.1, 0.15) is 11.6 Å². The van der Waals surface area contributed by atoms with E-state index >= 15 is 0 Å². The summed E-state index contributed by atoms with van der Waals surface area (Å²) in [6, 6.07) is 4.89. The van der Waals surface area contributed by atoms with Gasteiger partial charge >= 0.3 is 5.51 Å². The van der Waals surface area contributed by atoms with E-state index in [1.165, 1.54) is 30.7 Å². The van der Waals surface area contributed by atoms with Crippen LogP contribution in [0.15, 0.2) is 47.8 Å². The van der Waals surface area contributed by atoms with Gasteiger partial charge in [-0.2, -0.15) is 18.4 Å². The first-order valence-electron chi connectivity index (χ1n) is 6.28. The second-order valence-corrected chi connectivity index (χ2v) is 5.54. The highest BCUT2D eigenvalue weighted by atomic mass is 32.2. The Bertz CT molecular complexity index is 809. The molecule has 0 unspecified atom stereocenters. The van der Waals surface area contributed by atoms with Gasteiger partial charge in [-0.05, 0) is 18.2 Å². The van der Waals surface area contributed by atoms with Crippen LogP contribution in [-0.4, -0.2) is 10.5 Å². The number of nitrogens with zero attached hydrogens (tertiary/aromatic N) is 2. The van der Waals surface area contributed by atoms with E-state index in [9.17, 15) is 18.4 Å². The number of halogens is 3. The van der Waals surface area contributed by atoms with Gasteiger partial charge in [-0.25, -0.2) is 4.98 Å². The van der Waals surface area contributed by atoms with E-state index in [1.54, 1.807) is 6.07 Å². The minimum absolute atomic E-state index is 0.142. The molecule has 24 heavy (non-hydrogen) atoms. The molecule has 0 spiro atoms. The molecule has 2 heterocycles. The first-order chi connectivity index (χ1) is 11.4. The summed E-state index contributed by atoms with van der Waals surface area (Å²) in [6.45, 7) is 3.52. The molecule has 0 saturated carbocycles. The third-order valence-electron chi connectivity index (χ3n) is 2.68. The molecule has 0 bridgehead atoms. The molecule has 2 aromatic heterocycles. The third-order valence-corrected chi connectivity index (χ3v) is 3.49. The first kappa shape index (κ1) is 18.0. The number of furan rings is 1. The number of rotatable bonds is 5. The lowest BCUT2D eigenvalue weighted by atomic mass is 10.0. The minimum atomic E-state index is -4.64. The van der Waals surface area contributed by atoms with Crippen molar-refractivity contribution in [1.82, 2.24) is 4.98 Å². The molecular formula is C15H9F3N2O2S2. The lowest BCUT2D eigenvalue weighted by molar-refractivity contribution is -0.0370. The standard InChI is InChI=1S/C15H9F3N2O2S2/c1-2-3-13(23)12-6-10(9-4-5-21-8-9)11(7-19)14(20-12)22-24-15(16,17)18/h2-6,8,23H,1H2/b13-3-. The molecule has 0 radical (unpaired) electrons. The van der Waals surface area contributed by atoms with Crippen LogP contribution in [0.25, 0.3) is 16.0 Å². The van der Waals surface area contributed by atoms with Crippen LogP contribution in [-0.2, 0) is 0 Å². The molecule has 4 nitrogen and oxygen atoms in total. The Labute approximate surface area is 145 Å². The van der Waals surface area contributed by atoms with Crippen LogP contribution in [0.3, 0.4) is 0 Å². The monoisotopic (exact) mass is 370 g/mol. The summed E-state index contributed by atoms with van der Waals surface area (Å²) in [5.74, 6) is -0.461. The zero-order valence-corrected chi connectivity index (χ0v) is 13.6. The Morgan fingerprint density at radius 3 is 2.79 bits per heavy atom. The number of hydrogen-bond acceptors (Lipinski definition) is 6. The molecule has 0 saturated heterocycles. The fourth-order valence-electron chi connectivity index (χ4n) is 1.75. The number of allylic oxidation sites excluding steroid dienone is 2. The number of hydrogen-bond donors (Lipinski definition) is 1. The normalized spacial score (nSPS) is 11.9. The van der Waals surface area contributed by atoms with E-state index < -0.39 is 23.4 Å². The largest absolute Gasteiger partial charge is 0.479 e. The molecule has 0 fully saturated rings. The second kappa shape index (κ2) is 7.51. The molecule has 9 heteroatoms. The number of aromatic nitrogens is 1. The molecule has 0 atom stereocenters. The highest BCUT2D eigenvalue weighted by Crippen LogP contribution is 2.37. The average Bonchev–Trinajstić information content (AvgIpc) is 3.05. The van der Waals surface area contributed by atoms with Crippen molar-refractivity contribution >= 4 is 29.6 Å². The van der Waals surface area contributed by atoms with Crippen molar-refractivity contribution in [2.45, 2.75) is 5.51 Å². The highest BCUT2D eigenvalue weighted by Gasteiger charge is 2.32. The van der Waals surface area contributed by atoms with E-state index in [1.807, 2.05) is 6.07 Å². The predicted molar refractivity (Wildman–Crippen MR) is 88.1 cm³/mol. The number of alkyl halides is 3. The Morgan fingerprint density at radius 2 is 2.25 bits per heavy atom. The molecule has 0 aromatic carbocycles. The van der Waals surface area contributed by atoms with Crippen LogP contribution in [0.5, 0.6) is 5.88 Å². The Kier molecular flexibility index (Phi) is 5.64. The summed E-state index contributed by atoms with van der Waals surface area (Å²) in [5.41, 5.74) is -3.74. The predicted octanol–water partition coefficient (Wildman–Crippen LogP) is 5.22. The Hall–Kier alpha value is -2.31. The van der Waals surface area contributed by atoms with Crippen molar-refractivity contribution in [2.75, 3.05) is 0 Å². The van der Waals surface area contributed by atoms with E-state index in [0.717, 1.165) is 0 Å². The van der Waals surface area contributed by atoms with Gasteiger partial charge in [0, 0.05) is 16.0 Å². The smallest absolute Gasteiger partial charge is 0.472 e. The van der Waals surface area contributed by atoms with Crippen LogP contribution in [0, 0.1) is 11.3 Å². The van der Waals surface area contributed by atoms with Crippen molar-refractivity contribution in [3.05, 3.63) is 54.6 Å². The molecule has 2 rings (SSSR count). The van der Waals surface area contributed by atoms with Gasteiger partial charge in [0.05, 0.1) is 18.2 Å². The maximum absolute atomic E-state index is 12.4. The fourth-order valence-corrected chi connectivity index (χ4v) is 2.26. The van der Waals surface area contributed by atoms with Gasteiger partial charge in [0.2, 0.25) is 5.88 Å². The molecule has 0 N–H and O–H groups in total. The van der Waals surface area contributed by atoms with Crippen LogP contribution < -0.4 is 4.18 Å². The quantitative estimate of drug-likeness (QED) is 0.444. The highest BCUT2D eigenvalue weighted by molar-refractivity contribution is 7.95. The minimum Gasteiger partial charge on any atom is -0.472 e. The number of nitriles is 1. The molecular weight excluding hydrogens is 361 g/mol. The summed E-state index contributed by atoms with van der Waals surface area (Å²) < 4.78 is 46.8. The number of thiol groups is 1. The molecule has 0 amide bonds. The van der Waals surface area contributed by atoms with Crippen LogP contribution >= 0.6 is 24.7 Å². The van der Waals surface area contributed by atoms with Crippen molar-refractivity contribution in [2.24, 2.45) is 0 Å². The molecule has 2 aromatic rings. The topological polar surface area (TPSA) is 59.0 Å². The van der Waals surface area contributed by atoms with E-state index in [0.29, 0.717) is 16.0 Å². The van der Waals surface area contributed by atoms with Gasteiger partial charge in [-0.15, -0.1) is 12.6 Å². The summed E-state index contributed by atoms with van der Waals surface area (Å²) in [7, 11) is 0. The summed E-state index contributed by atoms with van der Waals surface area (Å²) in [5, 5.41) is 9.32. The second-order valence-electron chi connectivity index (χ2n) is 4.26. The summed E-state index contributed by atoms with van der Waals surface area (Å²) >= 11 is 3.47. The van der Waals surface area contributed by atoms with Crippen molar-refractivity contribution < 1.29 is 21.8 Å². The van der Waals surface area contributed by atoms with Crippen LogP contribution in [0.4, 0.5) is 13.2 Å². The molecule has 124 valence electrons. The Morgan fingerprint density at radius 1 is 1.50 bits per heavy atom. The maximum atomic E-state index is 12.4. The maximum Gasteiger partial charge on any atom is 0.479 e. The Balaban J connectivity index is 2.61. The first-order valence-corrected chi connectivity index (χ1v) is 7.46. The third kappa shape index (κ3) is 4.37.